The van der Waals surface area contributed by atoms with Crippen LogP contribution >= 0.6 is 15.9 Å². The molecular weight excluding hydrogens is 362 g/mol. The standard InChI is InChI=1S/C13H8BrNO7/c14-8-4-11-10(20-6-21-11)3-7(8)5-19-13(16)9-1-2-12(22-9)15(17)18/h1-4H,5-6H2. The van der Waals surface area contributed by atoms with Gasteiger partial charge in [-0.05, 0) is 18.2 Å². The number of hydrogen-bond donors (Lipinski definition) is 0. The number of nitro groups is 1. The molecule has 1 aromatic heterocycles. The van der Waals surface area contributed by atoms with Crippen LogP contribution in [0.4, 0.5) is 5.88 Å². The van der Waals surface area contributed by atoms with E-state index in [0.717, 1.165) is 6.07 Å². The van der Waals surface area contributed by atoms with Crippen LogP contribution < -0.4 is 9.47 Å². The highest BCUT2D eigenvalue weighted by Crippen LogP contribution is 2.37. The Bertz CT molecular complexity index is 755. The number of nitrogens with zero attached hydrogens (tertiary/aromatic N) is 1. The van der Waals surface area contributed by atoms with Gasteiger partial charge in [0.2, 0.25) is 12.6 Å². The number of benzene rings is 1. The normalized spacial score (nSPS) is 12.2. The van der Waals surface area contributed by atoms with Crippen molar-refractivity contribution in [1.82, 2.24) is 0 Å². The lowest BCUT2D eigenvalue weighted by Gasteiger charge is -2.07. The van der Waals surface area contributed by atoms with E-state index in [-0.39, 0.29) is 19.2 Å². The molecule has 8 nitrogen and oxygen atoms in total. The van der Waals surface area contributed by atoms with Gasteiger partial charge in [-0.1, -0.05) is 15.9 Å². The summed E-state index contributed by atoms with van der Waals surface area (Å²) >= 11 is 3.34. The van der Waals surface area contributed by atoms with E-state index in [4.69, 9.17) is 18.6 Å². The van der Waals surface area contributed by atoms with Gasteiger partial charge in [-0.3, -0.25) is 10.1 Å². The van der Waals surface area contributed by atoms with Gasteiger partial charge < -0.3 is 18.6 Å². The van der Waals surface area contributed by atoms with Crippen LogP contribution in [-0.4, -0.2) is 17.7 Å². The third-order valence-corrected chi connectivity index (χ3v) is 3.61. The maximum Gasteiger partial charge on any atom is 0.433 e. The second kappa shape index (κ2) is 5.68. The molecule has 0 radical (unpaired) electrons. The van der Waals surface area contributed by atoms with Gasteiger partial charge in [0.1, 0.15) is 11.5 Å². The Morgan fingerprint density at radius 2 is 2.05 bits per heavy atom. The molecule has 0 atom stereocenters. The first kappa shape index (κ1) is 14.4. The summed E-state index contributed by atoms with van der Waals surface area (Å²) in [5.41, 5.74) is 0.665. The Morgan fingerprint density at radius 1 is 1.32 bits per heavy atom. The van der Waals surface area contributed by atoms with Crippen molar-refractivity contribution in [2.24, 2.45) is 0 Å². The molecule has 0 saturated heterocycles. The zero-order chi connectivity index (χ0) is 15.7. The number of rotatable bonds is 4. The molecule has 0 spiro atoms. The SMILES string of the molecule is O=C(OCc1cc2c(cc1Br)OCO2)c1ccc([N+](=O)[O-])o1. The summed E-state index contributed by atoms with van der Waals surface area (Å²) in [6.45, 7) is 0.0889. The molecule has 0 unspecified atom stereocenters. The molecule has 114 valence electrons. The van der Waals surface area contributed by atoms with Gasteiger partial charge in [-0.15, -0.1) is 0 Å². The van der Waals surface area contributed by atoms with Gasteiger partial charge in [0.15, 0.2) is 11.5 Å². The Hall–Kier alpha value is -2.55. The second-order valence-electron chi connectivity index (χ2n) is 4.27. The van der Waals surface area contributed by atoms with Gasteiger partial charge in [-0.2, -0.15) is 0 Å². The van der Waals surface area contributed by atoms with Crippen molar-refractivity contribution in [2.75, 3.05) is 6.79 Å². The number of hydrogen-bond acceptors (Lipinski definition) is 7. The highest BCUT2D eigenvalue weighted by molar-refractivity contribution is 9.10. The number of carbonyl (C=O) groups excluding carboxylic acids is 1. The van der Waals surface area contributed by atoms with Gasteiger partial charge in [0.25, 0.3) is 0 Å². The van der Waals surface area contributed by atoms with Crippen LogP contribution in [0.2, 0.25) is 0 Å². The van der Waals surface area contributed by atoms with Crippen molar-refractivity contribution < 1.29 is 28.3 Å². The monoisotopic (exact) mass is 369 g/mol. The first-order valence-electron chi connectivity index (χ1n) is 6.04. The van der Waals surface area contributed by atoms with Crippen LogP contribution in [0.5, 0.6) is 11.5 Å². The van der Waals surface area contributed by atoms with Crippen LogP contribution in [0.15, 0.2) is 33.2 Å². The lowest BCUT2D eigenvalue weighted by atomic mass is 10.2. The molecule has 9 heteroatoms. The number of carbonyl (C=O) groups is 1. The van der Waals surface area contributed by atoms with Crippen LogP contribution in [0.1, 0.15) is 16.1 Å². The summed E-state index contributed by atoms with van der Waals surface area (Å²) in [6.07, 6.45) is 0. The van der Waals surface area contributed by atoms with E-state index in [0.29, 0.717) is 21.5 Å². The molecule has 22 heavy (non-hydrogen) atoms. The fraction of sp³-hybridized carbons (Fsp3) is 0.154. The molecule has 0 bridgehead atoms. The highest BCUT2D eigenvalue weighted by atomic mass is 79.9. The smallest absolute Gasteiger partial charge is 0.433 e. The molecule has 1 aliphatic heterocycles. The summed E-state index contributed by atoms with van der Waals surface area (Å²) in [4.78, 5) is 21.6. The van der Waals surface area contributed by atoms with E-state index in [2.05, 4.69) is 15.9 Å². The average Bonchev–Trinajstić information content (AvgIpc) is 3.13. The molecule has 1 aromatic carbocycles. The van der Waals surface area contributed by atoms with Crippen molar-refractivity contribution in [2.45, 2.75) is 6.61 Å². The maximum atomic E-state index is 11.8. The molecule has 0 fully saturated rings. The predicted molar refractivity (Wildman–Crippen MR) is 74.7 cm³/mol. The van der Waals surface area contributed by atoms with E-state index < -0.39 is 16.8 Å². The van der Waals surface area contributed by atoms with E-state index in [1.165, 1.54) is 6.07 Å². The molecule has 0 N–H and O–H groups in total. The topological polar surface area (TPSA) is 101 Å². The van der Waals surface area contributed by atoms with Crippen molar-refractivity contribution in [3.8, 4) is 11.5 Å². The van der Waals surface area contributed by atoms with Gasteiger partial charge >= 0.3 is 11.9 Å². The molecule has 2 heterocycles. The average molecular weight is 370 g/mol. The fourth-order valence-electron chi connectivity index (χ4n) is 1.82. The Labute approximate surface area is 131 Å². The number of ether oxygens (including phenoxy) is 3. The Kier molecular flexibility index (Phi) is 3.72. The van der Waals surface area contributed by atoms with Gasteiger partial charge in [-0.25, -0.2) is 4.79 Å². The van der Waals surface area contributed by atoms with E-state index in [1.807, 2.05) is 0 Å². The summed E-state index contributed by atoms with van der Waals surface area (Å²) < 4.78 is 21.0. The molecule has 0 amide bonds. The quantitative estimate of drug-likeness (QED) is 0.463. The zero-order valence-electron chi connectivity index (χ0n) is 10.9. The van der Waals surface area contributed by atoms with Crippen LogP contribution in [0.25, 0.3) is 0 Å². The van der Waals surface area contributed by atoms with Crippen molar-refractivity contribution in [3.63, 3.8) is 0 Å². The number of halogens is 1. The third-order valence-electron chi connectivity index (χ3n) is 2.87. The van der Waals surface area contributed by atoms with Crippen LogP contribution in [0, 0.1) is 10.1 Å². The van der Waals surface area contributed by atoms with Crippen LogP contribution in [0.3, 0.4) is 0 Å². The molecular formula is C13H8BrNO7. The minimum atomic E-state index is -0.794. The Morgan fingerprint density at radius 3 is 2.73 bits per heavy atom. The second-order valence-corrected chi connectivity index (χ2v) is 5.12. The summed E-state index contributed by atoms with van der Waals surface area (Å²) in [6, 6.07) is 5.68. The summed E-state index contributed by atoms with van der Waals surface area (Å²) in [5, 5.41) is 10.5. The lowest BCUT2D eigenvalue weighted by Crippen LogP contribution is -2.04. The zero-order valence-corrected chi connectivity index (χ0v) is 12.5. The van der Waals surface area contributed by atoms with E-state index >= 15 is 0 Å². The van der Waals surface area contributed by atoms with Crippen molar-refractivity contribution in [3.05, 3.63) is 50.2 Å². The third kappa shape index (κ3) is 2.75. The largest absolute Gasteiger partial charge is 0.455 e. The number of furan rings is 1. The van der Waals surface area contributed by atoms with E-state index in [9.17, 15) is 14.9 Å². The number of fused-ring (bicyclic) bond motifs is 1. The highest BCUT2D eigenvalue weighted by Gasteiger charge is 2.20. The van der Waals surface area contributed by atoms with Crippen LogP contribution in [-0.2, 0) is 11.3 Å². The molecule has 3 rings (SSSR count). The maximum absolute atomic E-state index is 11.8. The predicted octanol–water partition coefficient (Wildman–Crippen LogP) is 3.04. The summed E-state index contributed by atoms with van der Waals surface area (Å²) in [7, 11) is 0. The molecule has 2 aromatic rings. The minimum Gasteiger partial charge on any atom is -0.455 e. The van der Waals surface area contributed by atoms with Gasteiger partial charge in [0, 0.05) is 10.0 Å². The number of esters is 1. The molecule has 1 aliphatic rings. The fourth-order valence-corrected chi connectivity index (χ4v) is 2.26. The minimum absolute atomic E-state index is 0.0510. The molecule has 0 saturated carbocycles. The van der Waals surface area contributed by atoms with Gasteiger partial charge in [0.05, 0.1) is 6.07 Å². The van der Waals surface area contributed by atoms with Crippen molar-refractivity contribution in [1.29, 1.82) is 0 Å². The Balaban J connectivity index is 1.69. The summed E-state index contributed by atoms with van der Waals surface area (Å²) in [5.74, 6) is -0.385. The van der Waals surface area contributed by atoms with E-state index in [1.54, 1.807) is 12.1 Å². The first-order valence-corrected chi connectivity index (χ1v) is 6.83. The lowest BCUT2D eigenvalue weighted by molar-refractivity contribution is -0.402. The first-order chi connectivity index (χ1) is 10.5. The molecule has 0 aliphatic carbocycles. The van der Waals surface area contributed by atoms with Crippen molar-refractivity contribution >= 4 is 27.8 Å².